The number of nitriles is 1. The zero-order chi connectivity index (χ0) is 19.7. The lowest BCUT2D eigenvalue weighted by Crippen LogP contribution is -2.47. The topological polar surface area (TPSA) is 123 Å². The van der Waals surface area contributed by atoms with Crippen molar-refractivity contribution in [2.75, 3.05) is 13.1 Å². The molecule has 26 heavy (non-hydrogen) atoms. The second kappa shape index (κ2) is 10.4. The largest absolute Gasteiger partial charge is 0.635 e. The molecule has 0 unspecified atom stereocenters. The van der Waals surface area contributed by atoms with Gasteiger partial charge in [-0.1, -0.05) is 30.3 Å². The van der Waals surface area contributed by atoms with Gasteiger partial charge < -0.3 is 24.9 Å². The van der Waals surface area contributed by atoms with Gasteiger partial charge in [-0.25, -0.2) is 0 Å². The second-order valence-corrected chi connectivity index (χ2v) is 5.71. The van der Waals surface area contributed by atoms with Gasteiger partial charge in [0.15, 0.2) is 0 Å². The zero-order valence-electron chi connectivity index (χ0n) is 14.8. The Kier molecular flexibility index (Phi) is 8.51. The van der Waals surface area contributed by atoms with Crippen LogP contribution in [-0.4, -0.2) is 53.4 Å². The third-order valence-corrected chi connectivity index (χ3v) is 3.59. The standard InChI is InChI=1S/C17H22BN3O5/c1-4-17(23)21(8-7-19)11-15(22)20-16(26-18(24)25)10-14-6-5-12(2)9-13(14)3/h4-6,9,16,24-25H,1,8,10-11H2,2-3H3,(H,20,22)/t16-/m1/s1. The van der Waals surface area contributed by atoms with Crippen molar-refractivity contribution in [1.29, 1.82) is 5.26 Å². The summed E-state index contributed by atoms with van der Waals surface area (Å²) in [6.45, 7) is 6.51. The molecule has 0 heterocycles. The summed E-state index contributed by atoms with van der Waals surface area (Å²) < 4.78 is 4.93. The molecule has 0 aliphatic carbocycles. The van der Waals surface area contributed by atoms with Crippen LogP contribution in [0.5, 0.6) is 0 Å². The Morgan fingerprint density at radius 1 is 1.46 bits per heavy atom. The van der Waals surface area contributed by atoms with E-state index in [1.165, 1.54) is 0 Å². The maximum atomic E-state index is 12.2. The number of nitrogens with zero attached hydrogens (tertiary/aromatic N) is 2. The Morgan fingerprint density at radius 2 is 2.15 bits per heavy atom. The Balaban J connectivity index is 2.82. The van der Waals surface area contributed by atoms with E-state index in [0.29, 0.717) is 0 Å². The van der Waals surface area contributed by atoms with Crippen LogP contribution in [0.3, 0.4) is 0 Å². The van der Waals surface area contributed by atoms with E-state index in [2.05, 4.69) is 11.9 Å². The van der Waals surface area contributed by atoms with Gasteiger partial charge in [0, 0.05) is 6.42 Å². The van der Waals surface area contributed by atoms with Gasteiger partial charge in [-0.15, -0.1) is 0 Å². The molecule has 0 aliphatic heterocycles. The molecule has 0 saturated carbocycles. The van der Waals surface area contributed by atoms with Crippen molar-refractivity contribution in [3.63, 3.8) is 0 Å². The molecule has 0 spiro atoms. The van der Waals surface area contributed by atoms with E-state index in [1.807, 2.05) is 32.0 Å². The van der Waals surface area contributed by atoms with Crippen LogP contribution < -0.4 is 5.32 Å². The number of hydrogen-bond acceptors (Lipinski definition) is 6. The monoisotopic (exact) mass is 359 g/mol. The van der Waals surface area contributed by atoms with Crippen LogP contribution in [-0.2, 0) is 20.7 Å². The molecule has 138 valence electrons. The molecule has 0 saturated heterocycles. The molecule has 1 rings (SSSR count). The summed E-state index contributed by atoms with van der Waals surface area (Å²) in [6, 6.07) is 7.51. The molecule has 9 heteroatoms. The fraction of sp³-hybridized carbons (Fsp3) is 0.353. The number of carbonyl (C=O) groups is 2. The van der Waals surface area contributed by atoms with E-state index in [4.69, 9.17) is 20.0 Å². The smallest absolute Gasteiger partial charge is 0.402 e. The number of carbonyl (C=O) groups excluding carboxylic acids is 2. The molecule has 8 nitrogen and oxygen atoms in total. The molecular weight excluding hydrogens is 337 g/mol. The van der Waals surface area contributed by atoms with Crippen LogP contribution in [0.1, 0.15) is 16.7 Å². The van der Waals surface area contributed by atoms with E-state index >= 15 is 0 Å². The lowest BCUT2D eigenvalue weighted by Gasteiger charge is -2.23. The van der Waals surface area contributed by atoms with Crippen LogP contribution in [0.2, 0.25) is 0 Å². The lowest BCUT2D eigenvalue weighted by atomic mass is 10.0. The van der Waals surface area contributed by atoms with Crippen LogP contribution in [0.25, 0.3) is 0 Å². The summed E-state index contributed by atoms with van der Waals surface area (Å²) in [5, 5.41) is 29.4. The molecule has 3 N–H and O–H groups in total. The SMILES string of the molecule is C=CC(=O)N(CC#N)CC(=O)N[C@@H](Cc1ccc(C)cc1C)OB(O)O. The number of aryl methyl sites for hydroxylation is 2. The molecule has 1 aromatic rings. The van der Waals surface area contributed by atoms with Crippen LogP contribution in [0, 0.1) is 25.2 Å². The van der Waals surface area contributed by atoms with Gasteiger partial charge in [0.05, 0.1) is 6.07 Å². The van der Waals surface area contributed by atoms with E-state index in [0.717, 1.165) is 27.7 Å². The normalized spacial score (nSPS) is 11.2. The van der Waals surface area contributed by atoms with E-state index in [1.54, 1.807) is 6.07 Å². The molecule has 0 aromatic heterocycles. The van der Waals surface area contributed by atoms with Gasteiger partial charge in [0.2, 0.25) is 11.8 Å². The number of amides is 2. The van der Waals surface area contributed by atoms with Crippen molar-refractivity contribution in [1.82, 2.24) is 10.2 Å². The molecule has 0 fully saturated rings. The van der Waals surface area contributed by atoms with Crippen molar-refractivity contribution in [2.45, 2.75) is 26.5 Å². The maximum Gasteiger partial charge on any atom is 0.635 e. The van der Waals surface area contributed by atoms with Crippen molar-refractivity contribution >= 4 is 19.1 Å². The average Bonchev–Trinajstić information content (AvgIpc) is 2.55. The van der Waals surface area contributed by atoms with Gasteiger partial charge in [-0.05, 0) is 31.1 Å². The molecule has 1 atom stereocenters. The first-order chi connectivity index (χ1) is 12.3. The minimum absolute atomic E-state index is 0.198. The Labute approximate surface area is 152 Å². The van der Waals surface area contributed by atoms with Crippen LogP contribution >= 0.6 is 0 Å². The molecule has 0 aliphatic rings. The second-order valence-electron chi connectivity index (χ2n) is 5.71. The van der Waals surface area contributed by atoms with Gasteiger partial charge in [-0.3, -0.25) is 9.59 Å². The van der Waals surface area contributed by atoms with Gasteiger partial charge in [0.1, 0.15) is 19.3 Å². The fourth-order valence-electron chi connectivity index (χ4n) is 2.38. The number of benzene rings is 1. The summed E-state index contributed by atoms with van der Waals surface area (Å²) in [7, 11) is -2.07. The summed E-state index contributed by atoms with van der Waals surface area (Å²) in [5.74, 6) is -1.17. The van der Waals surface area contributed by atoms with Crippen molar-refractivity contribution < 1.29 is 24.3 Å². The van der Waals surface area contributed by atoms with E-state index in [-0.39, 0.29) is 19.5 Å². The van der Waals surface area contributed by atoms with Crippen molar-refractivity contribution in [2.24, 2.45) is 0 Å². The Morgan fingerprint density at radius 3 is 2.69 bits per heavy atom. The van der Waals surface area contributed by atoms with Crippen molar-refractivity contribution in [3.05, 3.63) is 47.5 Å². The van der Waals surface area contributed by atoms with Gasteiger partial charge in [0.25, 0.3) is 0 Å². The zero-order valence-corrected chi connectivity index (χ0v) is 14.8. The van der Waals surface area contributed by atoms with Gasteiger partial charge in [-0.2, -0.15) is 5.26 Å². The first-order valence-electron chi connectivity index (χ1n) is 7.92. The predicted octanol–water partition coefficient (Wildman–Crippen LogP) is -0.187. The highest BCUT2D eigenvalue weighted by Gasteiger charge is 2.23. The quantitative estimate of drug-likeness (QED) is 0.243. The highest BCUT2D eigenvalue weighted by atomic mass is 16.6. The minimum atomic E-state index is -2.07. The highest BCUT2D eigenvalue weighted by molar-refractivity contribution is 6.32. The number of nitrogens with one attached hydrogen (secondary N) is 1. The third kappa shape index (κ3) is 7.07. The van der Waals surface area contributed by atoms with Crippen LogP contribution in [0.15, 0.2) is 30.9 Å². The Hall–Kier alpha value is -2.67. The lowest BCUT2D eigenvalue weighted by molar-refractivity contribution is -0.133. The van der Waals surface area contributed by atoms with E-state index in [9.17, 15) is 9.59 Å². The number of hydrogen-bond donors (Lipinski definition) is 3. The third-order valence-electron chi connectivity index (χ3n) is 3.59. The number of rotatable bonds is 9. The highest BCUT2D eigenvalue weighted by Crippen LogP contribution is 2.13. The molecule has 0 bridgehead atoms. The summed E-state index contributed by atoms with van der Waals surface area (Å²) >= 11 is 0. The summed E-state index contributed by atoms with van der Waals surface area (Å²) in [4.78, 5) is 24.8. The molecule has 1 aromatic carbocycles. The average molecular weight is 359 g/mol. The van der Waals surface area contributed by atoms with Gasteiger partial charge >= 0.3 is 7.32 Å². The summed E-state index contributed by atoms with van der Waals surface area (Å²) in [5.41, 5.74) is 2.90. The van der Waals surface area contributed by atoms with Crippen molar-refractivity contribution in [3.8, 4) is 6.07 Å². The molecule has 2 amide bonds. The first-order valence-corrected chi connectivity index (χ1v) is 7.92. The first kappa shape index (κ1) is 21.4. The predicted molar refractivity (Wildman–Crippen MR) is 95.2 cm³/mol. The fourth-order valence-corrected chi connectivity index (χ4v) is 2.38. The maximum absolute atomic E-state index is 12.2. The van der Waals surface area contributed by atoms with E-state index < -0.39 is 25.4 Å². The summed E-state index contributed by atoms with van der Waals surface area (Å²) in [6.07, 6.45) is 0.182. The Bertz CT molecular complexity index is 702. The van der Waals surface area contributed by atoms with Crippen LogP contribution in [0.4, 0.5) is 0 Å². The molecular formula is C17H22BN3O5. The molecule has 0 radical (unpaired) electrons. The minimum Gasteiger partial charge on any atom is -0.402 e.